The maximum atomic E-state index is 14.6. The third-order valence-electron chi connectivity index (χ3n) is 4.17. The fraction of sp³-hybridized carbons (Fsp3) is 0.688. The summed E-state index contributed by atoms with van der Waals surface area (Å²) >= 11 is 0. The van der Waals surface area contributed by atoms with Gasteiger partial charge in [-0.2, -0.15) is 0 Å². The molecular formula is C16H24FN3. The van der Waals surface area contributed by atoms with Gasteiger partial charge in [-0.3, -0.25) is 0 Å². The summed E-state index contributed by atoms with van der Waals surface area (Å²) in [5, 5.41) is 3.19. The number of nitrogens with one attached hydrogen (secondary N) is 1. The van der Waals surface area contributed by atoms with E-state index in [1.54, 1.807) is 12.3 Å². The summed E-state index contributed by atoms with van der Waals surface area (Å²) in [6, 6.07) is 1.79. The summed E-state index contributed by atoms with van der Waals surface area (Å²) in [6.45, 7) is 5.42. The minimum absolute atomic E-state index is 0.130. The minimum Gasteiger partial charge on any atom is -0.354 e. The van der Waals surface area contributed by atoms with Gasteiger partial charge in [0.2, 0.25) is 0 Å². The summed E-state index contributed by atoms with van der Waals surface area (Å²) in [4.78, 5) is 6.53. The topological polar surface area (TPSA) is 28.2 Å². The largest absolute Gasteiger partial charge is 0.354 e. The summed E-state index contributed by atoms with van der Waals surface area (Å²) in [7, 11) is 0. The SMILES string of the molecule is CCNCc1ccnc(N(CC2CC2)CC2CC2)c1F. The van der Waals surface area contributed by atoms with Gasteiger partial charge in [-0.15, -0.1) is 0 Å². The highest BCUT2D eigenvalue weighted by Gasteiger charge is 2.31. The molecule has 0 spiro atoms. The molecule has 2 fully saturated rings. The van der Waals surface area contributed by atoms with Crippen LogP contribution in [-0.2, 0) is 6.54 Å². The van der Waals surface area contributed by atoms with Crippen LogP contribution in [0.15, 0.2) is 12.3 Å². The van der Waals surface area contributed by atoms with Crippen molar-refractivity contribution in [2.45, 2.75) is 39.2 Å². The average molecular weight is 277 g/mol. The highest BCUT2D eigenvalue weighted by molar-refractivity contribution is 5.43. The zero-order chi connectivity index (χ0) is 13.9. The van der Waals surface area contributed by atoms with E-state index in [1.165, 1.54) is 25.7 Å². The predicted octanol–water partition coefficient (Wildman–Crippen LogP) is 2.96. The first-order valence-electron chi connectivity index (χ1n) is 7.87. The zero-order valence-electron chi connectivity index (χ0n) is 12.2. The Morgan fingerprint density at radius 3 is 2.45 bits per heavy atom. The fourth-order valence-electron chi connectivity index (χ4n) is 2.56. The molecule has 20 heavy (non-hydrogen) atoms. The van der Waals surface area contributed by atoms with Gasteiger partial charge in [0, 0.05) is 31.4 Å². The normalized spacial score (nSPS) is 18.3. The quantitative estimate of drug-likeness (QED) is 0.792. The molecule has 2 saturated carbocycles. The molecule has 0 aliphatic heterocycles. The summed E-state index contributed by atoms with van der Waals surface area (Å²) in [5.74, 6) is 1.95. The minimum atomic E-state index is -0.130. The first kappa shape index (κ1) is 13.8. The Kier molecular flexibility index (Phi) is 4.20. The summed E-state index contributed by atoms with van der Waals surface area (Å²) < 4.78 is 14.6. The van der Waals surface area contributed by atoms with E-state index in [2.05, 4.69) is 15.2 Å². The molecule has 0 radical (unpaired) electrons. The van der Waals surface area contributed by atoms with E-state index >= 15 is 0 Å². The molecule has 3 rings (SSSR count). The van der Waals surface area contributed by atoms with Gasteiger partial charge < -0.3 is 10.2 Å². The van der Waals surface area contributed by atoms with Crippen LogP contribution in [0.3, 0.4) is 0 Å². The number of aromatic nitrogens is 1. The molecule has 3 nitrogen and oxygen atoms in total. The van der Waals surface area contributed by atoms with Crippen molar-refractivity contribution in [2.24, 2.45) is 11.8 Å². The van der Waals surface area contributed by atoms with Gasteiger partial charge >= 0.3 is 0 Å². The van der Waals surface area contributed by atoms with Crippen LogP contribution in [0.1, 0.15) is 38.2 Å². The van der Waals surface area contributed by atoms with E-state index in [9.17, 15) is 4.39 Å². The molecule has 1 aromatic heterocycles. The molecule has 0 aromatic carbocycles. The number of anilines is 1. The third kappa shape index (κ3) is 3.48. The lowest BCUT2D eigenvalue weighted by atomic mass is 10.2. The van der Waals surface area contributed by atoms with E-state index in [4.69, 9.17) is 0 Å². The molecule has 2 aliphatic rings. The molecule has 0 amide bonds. The standard InChI is InChI=1S/C16H24FN3/c1-2-18-9-14-7-8-19-16(15(14)17)20(10-12-3-4-12)11-13-5-6-13/h7-8,12-13,18H,2-6,9-11H2,1H3. The van der Waals surface area contributed by atoms with Crippen LogP contribution in [0.2, 0.25) is 0 Å². The van der Waals surface area contributed by atoms with Gasteiger partial charge in [-0.05, 0) is 50.1 Å². The van der Waals surface area contributed by atoms with Crippen LogP contribution in [0.5, 0.6) is 0 Å². The third-order valence-corrected chi connectivity index (χ3v) is 4.17. The van der Waals surface area contributed by atoms with Crippen LogP contribution in [0, 0.1) is 17.7 Å². The van der Waals surface area contributed by atoms with Gasteiger partial charge in [0.1, 0.15) is 0 Å². The van der Waals surface area contributed by atoms with Crippen molar-refractivity contribution >= 4 is 5.82 Å². The van der Waals surface area contributed by atoms with Gasteiger partial charge in [0.05, 0.1) is 0 Å². The first-order valence-corrected chi connectivity index (χ1v) is 7.87. The van der Waals surface area contributed by atoms with Gasteiger partial charge in [0.15, 0.2) is 11.6 Å². The molecule has 1 aromatic rings. The van der Waals surface area contributed by atoms with E-state index in [-0.39, 0.29) is 5.82 Å². The maximum Gasteiger partial charge on any atom is 0.170 e. The van der Waals surface area contributed by atoms with Crippen LogP contribution in [-0.4, -0.2) is 24.6 Å². The molecule has 0 saturated heterocycles. The molecule has 1 N–H and O–H groups in total. The lowest BCUT2D eigenvalue weighted by Gasteiger charge is -2.24. The molecule has 0 unspecified atom stereocenters. The van der Waals surface area contributed by atoms with Gasteiger partial charge in [-0.25, -0.2) is 9.37 Å². The predicted molar refractivity (Wildman–Crippen MR) is 79.2 cm³/mol. The van der Waals surface area contributed by atoms with Crippen molar-refractivity contribution in [3.8, 4) is 0 Å². The van der Waals surface area contributed by atoms with Crippen LogP contribution in [0.4, 0.5) is 10.2 Å². The van der Waals surface area contributed by atoms with E-state index in [1.807, 2.05) is 6.92 Å². The van der Waals surface area contributed by atoms with Crippen molar-refractivity contribution in [1.82, 2.24) is 10.3 Å². The highest BCUT2D eigenvalue weighted by atomic mass is 19.1. The number of hydrogen-bond donors (Lipinski definition) is 1. The van der Waals surface area contributed by atoms with Gasteiger partial charge in [0.25, 0.3) is 0 Å². The summed E-state index contributed by atoms with van der Waals surface area (Å²) in [6.07, 6.45) is 6.91. The van der Waals surface area contributed by atoms with Crippen molar-refractivity contribution in [3.05, 3.63) is 23.6 Å². The van der Waals surface area contributed by atoms with Crippen molar-refractivity contribution in [1.29, 1.82) is 0 Å². The number of nitrogens with zero attached hydrogens (tertiary/aromatic N) is 2. The monoisotopic (exact) mass is 277 g/mol. The van der Waals surface area contributed by atoms with E-state index in [0.717, 1.165) is 37.0 Å². The lowest BCUT2D eigenvalue weighted by Crippen LogP contribution is -2.30. The fourth-order valence-corrected chi connectivity index (χ4v) is 2.56. The second-order valence-corrected chi connectivity index (χ2v) is 6.18. The number of rotatable bonds is 8. The molecule has 0 atom stereocenters. The molecule has 1 heterocycles. The van der Waals surface area contributed by atoms with Crippen LogP contribution >= 0.6 is 0 Å². The zero-order valence-corrected chi connectivity index (χ0v) is 12.2. The molecule has 110 valence electrons. The van der Waals surface area contributed by atoms with Crippen LogP contribution < -0.4 is 10.2 Å². The van der Waals surface area contributed by atoms with Crippen molar-refractivity contribution in [2.75, 3.05) is 24.5 Å². The molecule has 4 heteroatoms. The number of halogens is 1. The highest BCUT2D eigenvalue weighted by Crippen LogP contribution is 2.36. The first-order chi connectivity index (χ1) is 9.78. The number of hydrogen-bond acceptors (Lipinski definition) is 3. The van der Waals surface area contributed by atoms with Crippen molar-refractivity contribution < 1.29 is 4.39 Å². The molecule has 2 aliphatic carbocycles. The Hall–Kier alpha value is -1.16. The Morgan fingerprint density at radius 1 is 1.25 bits per heavy atom. The smallest absolute Gasteiger partial charge is 0.170 e. The van der Waals surface area contributed by atoms with Crippen LogP contribution in [0.25, 0.3) is 0 Å². The lowest BCUT2D eigenvalue weighted by molar-refractivity contribution is 0.569. The van der Waals surface area contributed by atoms with E-state index < -0.39 is 0 Å². The maximum absolute atomic E-state index is 14.6. The van der Waals surface area contributed by atoms with E-state index in [0.29, 0.717) is 12.4 Å². The second-order valence-electron chi connectivity index (χ2n) is 6.18. The Balaban J connectivity index is 1.76. The molecular weight excluding hydrogens is 253 g/mol. The Morgan fingerprint density at radius 2 is 1.90 bits per heavy atom. The Labute approximate surface area is 120 Å². The summed E-state index contributed by atoms with van der Waals surface area (Å²) in [5.41, 5.74) is 0.730. The average Bonchev–Trinajstić information content (AvgIpc) is 3.32. The molecule has 0 bridgehead atoms. The Bertz CT molecular complexity index is 441. The second kappa shape index (κ2) is 6.08. The van der Waals surface area contributed by atoms with Gasteiger partial charge in [-0.1, -0.05) is 6.92 Å². The number of pyridine rings is 1. The van der Waals surface area contributed by atoms with Crippen molar-refractivity contribution in [3.63, 3.8) is 0 Å².